The fraction of sp³-hybridized carbons (Fsp3) is 0.444. The van der Waals surface area contributed by atoms with Crippen LogP contribution in [0.15, 0.2) is 48.5 Å². The molecule has 0 heterocycles. The molecule has 2 aromatic carbocycles. The Morgan fingerprint density at radius 2 is 1.53 bits per heavy atom. The summed E-state index contributed by atoms with van der Waals surface area (Å²) in [5.41, 5.74) is 4.11. The van der Waals surface area contributed by atoms with Crippen LogP contribution < -0.4 is 5.32 Å². The smallest absolute Gasteiger partial charge is 0.407 e. The van der Waals surface area contributed by atoms with E-state index in [1.807, 2.05) is 45.0 Å². The molecule has 34 heavy (non-hydrogen) atoms. The molecule has 2 amide bonds. The molecule has 0 saturated carbocycles. The molecular weight excluding hydrogens is 432 g/mol. The topological polar surface area (TPSA) is 95.9 Å². The second-order valence-electron chi connectivity index (χ2n) is 10.1. The fourth-order valence-electron chi connectivity index (χ4n) is 4.35. The maximum atomic E-state index is 12.9. The highest BCUT2D eigenvalue weighted by Crippen LogP contribution is 2.44. The minimum absolute atomic E-state index is 0.0147. The van der Waals surface area contributed by atoms with E-state index in [4.69, 9.17) is 9.84 Å². The zero-order valence-corrected chi connectivity index (χ0v) is 20.5. The Labute approximate surface area is 201 Å². The number of hydrogen-bond donors (Lipinski definition) is 2. The fourth-order valence-corrected chi connectivity index (χ4v) is 4.35. The first-order valence-corrected chi connectivity index (χ1v) is 11.6. The van der Waals surface area contributed by atoms with Crippen LogP contribution >= 0.6 is 0 Å². The van der Waals surface area contributed by atoms with Crippen LogP contribution in [-0.2, 0) is 14.3 Å². The molecule has 1 aliphatic rings. The number of amides is 2. The third-order valence-electron chi connectivity index (χ3n) is 6.31. The van der Waals surface area contributed by atoms with Crippen molar-refractivity contribution in [2.24, 2.45) is 5.41 Å². The van der Waals surface area contributed by atoms with Crippen LogP contribution in [-0.4, -0.2) is 53.2 Å². The van der Waals surface area contributed by atoms with Crippen LogP contribution in [0.4, 0.5) is 4.79 Å². The molecule has 7 nitrogen and oxygen atoms in total. The first kappa shape index (κ1) is 25.3. The van der Waals surface area contributed by atoms with Gasteiger partial charge in [0, 0.05) is 24.4 Å². The number of nitrogens with zero attached hydrogens (tertiary/aromatic N) is 1. The molecule has 1 atom stereocenters. The summed E-state index contributed by atoms with van der Waals surface area (Å²) in [4.78, 5) is 38.2. The van der Waals surface area contributed by atoms with Gasteiger partial charge in [-0.1, -0.05) is 69.3 Å². The molecule has 182 valence electrons. The van der Waals surface area contributed by atoms with Gasteiger partial charge in [0.05, 0.1) is 0 Å². The van der Waals surface area contributed by atoms with Crippen LogP contribution in [0.25, 0.3) is 11.1 Å². The molecule has 0 bridgehead atoms. The Hall–Kier alpha value is -3.35. The average Bonchev–Trinajstić information content (AvgIpc) is 3.08. The number of benzene rings is 2. The Balaban J connectivity index is 1.68. The van der Waals surface area contributed by atoms with E-state index in [9.17, 15) is 14.4 Å². The Morgan fingerprint density at radius 1 is 1.00 bits per heavy atom. The molecule has 0 fully saturated rings. The number of ether oxygens (including phenoxy) is 1. The van der Waals surface area contributed by atoms with Gasteiger partial charge in [-0.15, -0.1) is 0 Å². The number of carboxylic acids is 1. The predicted molar refractivity (Wildman–Crippen MR) is 131 cm³/mol. The number of carboxylic acid groups (broad SMARTS) is 1. The summed E-state index contributed by atoms with van der Waals surface area (Å²) in [5.74, 6) is -1.45. The van der Waals surface area contributed by atoms with Crippen molar-refractivity contribution in [3.05, 3.63) is 59.7 Å². The number of aliphatic carboxylic acids is 1. The number of hydrogen-bond acceptors (Lipinski definition) is 4. The zero-order chi connectivity index (χ0) is 25.0. The number of carbonyl (C=O) groups is 3. The lowest BCUT2D eigenvalue weighted by molar-refractivity contribution is -0.146. The Bertz CT molecular complexity index is 1010. The molecule has 2 N–H and O–H groups in total. The summed E-state index contributed by atoms with van der Waals surface area (Å²) >= 11 is 0. The Morgan fingerprint density at radius 3 is 2.00 bits per heavy atom. The van der Waals surface area contributed by atoms with Crippen LogP contribution in [0.2, 0.25) is 0 Å². The van der Waals surface area contributed by atoms with Crippen molar-refractivity contribution in [3.8, 4) is 11.1 Å². The molecule has 0 radical (unpaired) electrons. The zero-order valence-electron chi connectivity index (χ0n) is 20.5. The second-order valence-corrected chi connectivity index (χ2v) is 10.1. The third kappa shape index (κ3) is 5.76. The molecule has 0 spiro atoms. The summed E-state index contributed by atoms with van der Waals surface area (Å²) < 4.78 is 5.65. The number of nitrogens with one attached hydrogen (secondary N) is 1. The quantitative estimate of drug-likeness (QED) is 0.590. The minimum atomic E-state index is -1.07. The third-order valence-corrected chi connectivity index (χ3v) is 6.31. The van der Waals surface area contributed by atoms with Gasteiger partial charge in [-0.05, 0) is 41.5 Å². The van der Waals surface area contributed by atoms with E-state index in [2.05, 4.69) is 29.6 Å². The summed E-state index contributed by atoms with van der Waals surface area (Å²) in [5, 5.41) is 12.0. The van der Waals surface area contributed by atoms with E-state index in [0.717, 1.165) is 22.3 Å². The SMILES string of the molecule is CC(C)N(CC(=O)O)C(=O)CC(NC(=O)OCC1c2ccccc2-c2ccccc21)C(C)(C)C. The Kier molecular flexibility index (Phi) is 7.64. The van der Waals surface area contributed by atoms with E-state index in [0.29, 0.717) is 0 Å². The molecule has 0 aromatic heterocycles. The summed E-state index contributed by atoms with van der Waals surface area (Å²) in [7, 11) is 0. The number of alkyl carbamates (subject to hydrolysis) is 1. The van der Waals surface area contributed by atoms with Gasteiger partial charge < -0.3 is 20.1 Å². The van der Waals surface area contributed by atoms with Gasteiger partial charge in [-0.3, -0.25) is 9.59 Å². The number of carbonyl (C=O) groups excluding carboxylic acids is 2. The highest BCUT2D eigenvalue weighted by molar-refractivity contribution is 5.83. The van der Waals surface area contributed by atoms with Gasteiger partial charge in [0.1, 0.15) is 13.2 Å². The van der Waals surface area contributed by atoms with Crippen molar-refractivity contribution >= 4 is 18.0 Å². The van der Waals surface area contributed by atoms with Gasteiger partial charge in [0.2, 0.25) is 5.91 Å². The van der Waals surface area contributed by atoms with Crippen molar-refractivity contribution in [2.75, 3.05) is 13.2 Å². The lowest BCUT2D eigenvalue weighted by atomic mass is 9.84. The van der Waals surface area contributed by atoms with Gasteiger partial charge in [-0.2, -0.15) is 0 Å². The standard InChI is InChI=1S/C27H34N2O5/c1-17(2)29(15-25(31)32)24(30)14-23(27(3,4)5)28-26(33)34-16-22-20-12-8-6-10-18(20)19-11-7-9-13-21(19)22/h6-13,17,22-23H,14-16H2,1-5H3,(H,28,33)(H,31,32). The van der Waals surface area contributed by atoms with E-state index < -0.39 is 23.5 Å². The van der Waals surface area contributed by atoms with Crippen molar-refractivity contribution < 1.29 is 24.2 Å². The van der Waals surface area contributed by atoms with E-state index in [1.165, 1.54) is 4.90 Å². The maximum absolute atomic E-state index is 12.9. The lowest BCUT2D eigenvalue weighted by Gasteiger charge is -2.33. The second kappa shape index (κ2) is 10.3. The van der Waals surface area contributed by atoms with Crippen LogP contribution in [0.5, 0.6) is 0 Å². The molecule has 1 unspecified atom stereocenters. The maximum Gasteiger partial charge on any atom is 0.407 e. The highest BCUT2D eigenvalue weighted by atomic mass is 16.5. The molecular formula is C27H34N2O5. The largest absolute Gasteiger partial charge is 0.480 e. The monoisotopic (exact) mass is 466 g/mol. The first-order valence-electron chi connectivity index (χ1n) is 11.6. The van der Waals surface area contributed by atoms with E-state index in [-0.39, 0.29) is 37.4 Å². The van der Waals surface area contributed by atoms with Crippen molar-refractivity contribution in [2.45, 2.75) is 59.0 Å². The van der Waals surface area contributed by atoms with Gasteiger partial charge in [0.25, 0.3) is 0 Å². The minimum Gasteiger partial charge on any atom is -0.480 e. The predicted octanol–water partition coefficient (Wildman–Crippen LogP) is 4.65. The van der Waals surface area contributed by atoms with Crippen LogP contribution in [0, 0.1) is 5.41 Å². The molecule has 2 aromatic rings. The summed E-state index contributed by atoms with van der Waals surface area (Å²) in [6.07, 6.45) is -0.608. The first-order chi connectivity index (χ1) is 16.0. The normalized spacial score (nSPS) is 13.7. The van der Waals surface area contributed by atoms with Crippen LogP contribution in [0.1, 0.15) is 58.1 Å². The summed E-state index contributed by atoms with van der Waals surface area (Å²) in [6, 6.07) is 15.4. The van der Waals surface area contributed by atoms with Gasteiger partial charge >= 0.3 is 12.1 Å². The molecule has 1 aliphatic carbocycles. The van der Waals surface area contributed by atoms with Crippen LogP contribution in [0.3, 0.4) is 0 Å². The van der Waals surface area contributed by atoms with E-state index in [1.54, 1.807) is 13.8 Å². The summed E-state index contributed by atoms with van der Waals surface area (Å²) in [6.45, 7) is 9.11. The molecule has 0 saturated heterocycles. The number of fused-ring (bicyclic) bond motifs is 3. The van der Waals surface area contributed by atoms with Gasteiger partial charge in [-0.25, -0.2) is 4.79 Å². The van der Waals surface area contributed by atoms with Crippen molar-refractivity contribution in [1.29, 1.82) is 0 Å². The number of rotatable bonds is 8. The highest BCUT2D eigenvalue weighted by Gasteiger charge is 2.33. The van der Waals surface area contributed by atoms with E-state index >= 15 is 0 Å². The van der Waals surface area contributed by atoms with Gasteiger partial charge in [0.15, 0.2) is 0 Å². The average molecular weight is 467 g/mol. The van der Waals surface area contributed by atoms with Crippen molar-refractivity contribution in [3.63, 3.8) is 0 Å². The lowest BCUT2D eigenvalue weighted by Crippen LogP contribution is -2.49. The van der Waals surface area contributed by atoms with Crippen molar-refractivity contribution in [1.82, 2.24) is 10.2 Å². The molecule has 0 aliphatic heterocycles. The molecule has 7 heteroatoms. The molecule has 3 rings (SSSR count).